The Morgan fingerprint density at radius 3 is 2.61 bits per heavy atom. The van der Waals surface area contributed by atoms with Gasteiger partial charge in [-0.25, -0.2) is 0 Å². The fourth-order valence-electron chi connectivity index (χ4n) is 2.08. The Labute approximate surface area is 115 Å². The minimum Gasteiger partial charge on any atom is -0.454 e. The molecule has 1 aliphatic heterocycles. The van der Waals surface area contributed by atoms with Crippen molar-refractivity contribution < 1.29 is 9.47 Å². The molecular weight excluding hydrogens is 250 g/mol. The smallest absolute Gasteiger partial charge is 0.231 e. The Morgan fingerprint density at radius 1 is 1.17 bits per heavy atom. The lowest BCUT2D eigenvalue weighted by atomic mass is 10.1. The van der Waals surface area contributed by atoms with Gasteiger partial charge in [0.1, 0.15) is 0 Å². The van der Waals surface area contributed by atoms with Gasteiger partial charge < -0.3 is 14.8 Å². The Bertz CT molecular complexity index is 384. The number of rotatable bonds is 5. The molecule has 2 rings (SSSR count). The van der Waals surface area contributed by atoms with E-state index in [2.05, 4.69) is 38.2 Å². The summed E-state index contributed by atoms with van der Waals surface area (Å²) < 4.78 is 10.7. The Morgan fingerprint density at radius 2 is 1.89 bits per heavy atom. The second kappa shape index (κ2) is 6.86. The molecule has 4 heteroatoms. The van der Waals surface area contributed by atoms with E-state index in [0.29, 0.717) is 18.9 Å². The van der Waals surface area contributed by atoms with Gasteiger partial charge in [0.15, 0.2) is 11.5 Å². The van der Waals surface area contributed by atoms with E-state index in [1.807, 2.05) is 6.07 Å². The van der Waals surface area contributed by atoms with Crippen molar-refractivity contribution in [2.75, 3.05) is 6.79 Å². The summed E-state index contributed by atoms with van der Waals surface area (Å²) in [5.41, 5.74) is 1.29. The van der Waals surface area contributed by atoms with Crippen molar-refractivity contribution in [3.8, 4) is 11.5 Å². The molecule has 0 amide bonds. The summed E-state index contributed by atoms with van der Waals surface area (Å²) in [6, 6.07) is 7.23. The molecule has 2 atom stereocenters. The standard InChI is InChI=1S/C14H21NO2.ClH/c1-4-10(2)15-11(3)7-12-5-6-13-14(8-12)17-9-16-13;/h5-6,8,10-11,15H,4,7,9H2,1-3H3;1H. The molecule has 0 radical (unpaired) electrons. The average Bonchev–Trinajstić information content (AvgIpc) is 2.75. The van der Waals surface area contributed by atoms with Crippen LogP contribution in [0.4, 0.5) is 0 Å². The molecule has 1 N–H and O–H groups in total. The number of halogens is 1. The first-order valence-electron chi connectivity index (χ1n) is 6.33. The topological polar surface area (TPSA) is 30.5 Å². The van der Waals surface area contributed by atoms with Crippen LogP contribution < -0.4 is 14.8 Å². The monoisotopic (exact) mass is 271 g/mol. The lowest BCUT2D eigenvalue weighted by molar-refractivity contribution is 0.174. The van der Waals surface area contributed by atoms with E-state index < -0.39 is 0 Å². The van der Waals surface area contributed by atoms with Crippen LogP contribution in [0.1, 0.15) is 32.8 Å². The first-order chi connectivity index (χ1) is 8.19. The predicted molar refractivity (Wildman–Crippen MR) is 75.9 cm³/mol. The summed E-state index contributed by atoms with van der Waals surface area (Å²) in [6.07, 6.45) is 2.17. The van der Waals surface area contributed by atoms with Crippen molar-refractivity contribution in [2.45, 2.75) is 45.7 Å². The predicted octanol–water partition coefficient (Wildman–Crippen LogP) is 3.16. The zero-order valence-corrected chi connectivity index (χ0v) is 12.0. The van der Waals surface area contributed by atoms with Crippen molar-refractivity contribution >= 4 is 12.4 Å². The van der Waals surface area contributed by atoms with Crippen molar-refractivity contribution in [1.29, 1.82) is 0 Å². The van der Waals surface area contributed by atoms with E-state index in [4.69, 9.17) is 9.47 Å². The summed E-state index contributed by atoms with van der Waals surface area (Å²) >= 11 is 0. The third kappa shape index (κ3) is 3.79. The number of ether oxygens (including phenoxy) is 2. The van der Waals surface area contributed by atoms with E-state index in [9.17, 15) is 0 Å². The van der Waals surface area contributed by atoms with Gasteiger partial charge in [0, 0.05) is 12.1 Å². The van der Waals surface area contributed by atoms with Gasteiger partial charge in [-0.05, 0) is 44.4 Å². The largest absolute Gasteiger partial charge is 0.454 e. The molecule has 1 aliphatic rings. The second-order valence-corrected chi connectivity index (χ2v) is 4.77. The molecule has 3 nitrogen and oxygen atoms in total. The van der Waals surface area contributed by atoms with Gasteiger partial charge in [0.25, 0.3) is 0 Å². The fourth-order valence-corrected chi connectivity index (χ4v) is 2.08. The first kappa shape index (κ1) is 15.1. The SMILES string of the molecule is CCC(C)NC(C)Cc1ccc2c(c1)OCO2.Cl. The number of hydrogen-bond donors (Lipinski definition) is 1. The minimum atomic E-state index is 0. The fraction of sp³-hybridized carbons (Fsp3) is 0.571. The molecule has 0 saturated heterocycles. The van der Waals surface area contributed by atoms with Crippen LogP contribution >= 0.6 is 12.4 Å². The van der Waals surface area contributed by atoms with Crippen LogP contribution in [-0.4, -0.2) is 18.9 Å². The molecule has 0 bridgehead atoms. The van der Waals surface area contributed by atoms with Crippen LogP contribution in [0.15, 0.2) is 18.2 Å². The van der Waals surface area contributed by atoms with Crippen LogP contribution in [-0.2, 0) is 6.42 Å². The molecule has 0 saturated carbocycles. The maximum absolute atomic E-state index is 5.38. The average molecular weight is 272 g/mol. The Hall–Kier alpha value is -0.930. The quantitative estimate of drug-likeness (QED) is 0.892. The molecule has 1 aromatic rings. The van der Waals surface area contributed by atoms with Gasteiger partial charge in [-0.3, -0.25) is 0 Å². The van der Waals surface area contributed by atoms with Crippen LogP contribution in [0.3, 0.4) is 0 Å². The Kier molecular flexibility index (Phi) is 5.76. The van der Waals surface area contributed by atoms with Crippen LogP contribution in [0.2, 0.25) is 0 Å². The number of fused-ring (bicyclic) bond motifs is 1. The van der Waals surface area contributed by atoms with E-state index in [0.717, 1.165) is 24.3 Å². The van der Waals surface area contributed by atoms with Gasteiger partial charge in [-0.2, -0.15) is 0 Å². The van der Waals surface area contributed by atoms with Crippen LogP contribution in [0.25, 0.3) is 0 Å². The van der Waals surface area contributed by atoms with Crippen molar-refractivity contribution in [1.82, 2.24) is 5.32 Å². The molecule has 0 aromatic heterocycles. The number of nitrogens with one attached hydrogen (secondary N) is 1. The molecular formula is C14H22ClNO2. The zero-order chi connectivity index (χ0) is 12.3. The van der Waals surface area contributed by atoms with Gasteiger partial charge in [-0.15, -0.1) is 12.4 Å². The Balaban J connectivity index is 0.00000162. The van der Waals surface area contributed by atoms with Crippen LogP contribution in [0.5, 0.6) is 11.5 Å². The van der Waals surface area contributed by atoms with E-state index in [-0.39, 0.29) is 12.4 Å². The maximum atomic E-state index is 5.38. The normalized spacial score (nSPS) is 15.9. The van der Waals surface area contributed by atoms with E-state index in [1.165, 1.54) is 5.56 Å². The highest BCUT2D eigenvalue weighted by Gasteiger charge is 2.14. The third-order valence-electron chi connectivity index (χ3n) is 3.16. The first-order valence-corrected chi connectivity index (χ1v) is 6.33. The number of hydrogen-bond acceptors (Lipinski definition) is 3. The summed E-state index contributed by atoms with van der Waals surface area (Å²) in [4.78, 5) is 0. The van der Waals surface area contributed by atoms with E-state index >= 15 is 0 Å². The number of benzene rings is 1. The zero-order valence-electron chi connectivity index (χ0n) is 11.2. The van der Waals surface area contributed by atoms with Gasteiger partial charge >= 0.3 is 0 Å². The summed E-state index contributed by atoms with van der Waals surface area (Å²) in [5.74, 6) is 1.73. The highest BCUT2D eigenvalue weighted by molar-refractivity contribution is 5.85. The lowest BCUT2D eigenvalue weighted by Gasteiger charge is -2.18. The molecule has 0 fully saturated rings. The van der Waals surface area contributed by atoms with Crippen molar-refractivity contribution in [3.63, 3.8) is 0 Å². The maximum Gasteiger partial charge on any atom is 0.231 e. The molecule has 0 spiro atoms. The van der Waals surface area contributed by atoms with Crippen molar-refractivity contribution in [2.24, 2.45) is 0 Å². The van der Waals surface area contributed by atoms with E-state index in [1.54, 1.807) is 0 Å². The summed E-state index contributed by atoms with van der Waals surface area (Å²) in [7, 11) is 0. The highest BCUT2D eigenvalue weighted by atomic mass is 35.5. The summed E-state index contributed by atoms with van der Waals surface area (Å²) in [5, 5.41) is 3.57. The van der Waals surface area contributed by atoms with Gasteiger partial charge in [0.2, 0.25) is 6.79 Å². The molecule has 102 valence electrons. The highest BCUT2D eigenvalue weighted by Crippen LogP contribution is 2.32. The van der Waals surface area contributed by atoms with Gasteiger partial charge in [0.05, 0.1) is 0 Å². The van der Waals surface area contributed by atoms with Crippen molar-refractivity contribution in [3.05, 3.63) is 23.8 Å². The summed E-state index contributed by atoms with van der Waals surface area (Å²) in [6.45, 7) is 6.98. The molecule has 18 heavy (non-hydrogen) atoms. The molecule has 1 aromatic carbocycles. The van der Waals surface area contributed by atoms with Crippen LogP contribution in [0, 0.1) is 0 Å². The molecule has 1 heterocycles. The second-order valence-electron chi connectivity index (χ2n) is 4.77. The van der Waals surface area contributed by atoms with Gasteiger partial charge in [-0.1, -0.05) is 13.0 Å². The third-order valence-corrected chi connectivity index (χ3v) is 3.16. The lowest BCUT2D eigenvalue weighted by Crippen LogP contribution is -2.35. The minimum absolute atomic E-state index is 0. The molecule has 0 aliphatic carbocycles. The molecule has 2 unspecified atom stereocenters.